The molecule has 0 unspecified atom stereocenters. The Hall–Kier alpha value is -3.53. The molecule has 28 heavy (non-hydrogen) atoms. The lowest BCUT2D eigenvalue weighted by atomic mass is 9.83. The number of carbonyl (C=O) groups is 1. The highest BCUT2D eigenvalue weighted by Gasteiger charge is 2.43. The number of aliphatic imine (C=N–C) groups is 1. The SMILES string of the molecule is C=CCOC(=O)C(N=Cc1ccc(F)cc1)(c1ccccc1)c1ccccc1. The number of ether oxygens (including phenoxy) is 1. The fraction of sp³-hybridized carbons (Fsp3) is 0.0833. The van der Waals surface area contributed by atoms with Gasteiger partial charge in [0.15, 0.2) is 0 Å². The number of rotatable bonds is 7. The molecule has 0 aliphatic carbocycles. The van der Waals surface area contributed by atoms with Crippen molar-refractivity contribution in [1.82, 2.24) is 0 Å². The molecule has 3 rings (SSSR count). The highest BCUT2D eigenvalue weighted by atomic mass is 19.1. The molecule has 0 spiro atoms. The van der Waals surface area contributed by atoms with Crippen LogP contribution in [-0.4, -0.2) is 18.8 Å². The largest absolute Gasteiger partial charge is 0.459 e. The van der Waals surface area contributed by atoms with Crippen molar-refractivity contribution in [2.45, 2.75) is 5.54 Å². The summed E-state index contributed by atoms with van der Waals surface area (Å²) in [5.41, 5.74) is 0.635. The minimum absolute atomic E-state index is 0.0757. The predicted octanol–water partition coefficient (Wildman–Crippen LogP) is 4.92. The standard InChI is InChI=1S/C24H20FNO2/c1-2-17-28-23(27)24(20-9-5-3-6-10-20,21-11-7-4-8-12-21)26-18-19-13-15-22(25)16-14-19/h2-16,18H,1,17H2. The van der Waals surface area contributed by atoms with Crippen LogP contribution in [0.1, 0.15) is 16.7 Å². The van der Waals surface area contributed by atoms with E-state index in [1.807, 2.05) is 60.7 Å². The molecule has 0 atom stereocenters. The minimum atomic E-state index is -1.39. The zero-order valence-corrected chi connectivity index (χ0v) is 15.3. The highest BCUT2D eigenvalue weighted by Crippen LogP contribution is 2.35. The number of halogens is 1. The molecule has 0 saturated carbocycles. The van der Waals surface area contributed by atoms with Gasteiger partial charge in [0.25, 0.3) is 0 Å². The Kier molecular flexibility index (Phi) is 6.12. The van der Waals surface area contributed by atoms with E-state index in [2.05, 4.69) is 6.58 Å². The van der Waals surface area contributed by atoms with Gasteiger partial charge < -0.3 is 4.74 Å². The Labute approximate surface area is 163 Å². The normalized spacial score (nSPS) is 11.3. The summed E-state index contributed by atoms with van der Waals surface area (Å²) in [5, 5.41) is 0. The molecule has 0 aliphatic heterocycles. The summed E-state index contributed by atoms with van der Waals surface area (Å²) in [7, 11) is 0. The van der Waals surface area contributed by atoms with Crippen molar-refractivity contribution in [2.75, 3.05) is 6.61 Å². The van der Waals surface area contributed by atoms with Crippen molar-refractivity contribution in [1.29, 1.82) is 0 Å². The van der Waals surface area contributed by atoms with Gasteiger partial charge in [-0.1, -0.05) is 85.5 Å². The quantitative estimate of drug-likeness (QED) is 0.335. The van der Waals surface area contributed by atoms with E-state index >= 15 is 0 Å². The molecule has 0 N–H and O–H groups in total. The molecule has 140 valence electrons. The van der Waals surface area contributed by atoms with E-state index in [9.17, 15) is 9.18 Å². The van der Waals surface area contributed by atoms with Gasteiger partial charge in [-0.15, -0.1) is 0 Å². The van der Waals surface area contributed by atoms with Crippen LogP contribution < -0.4 is 0 Å². The van der Waals surface area contributed by atoms with Crippen LogP contribution in [-0.2, 0) is 15.1 Å². The summed E-state index contributed by atoms with van der Waals surface area (Å²) in [6.45, 7) is 3.69. The zero-order valence-electron chi connectivity index (χ0n) is 15.3. The summed E-state index contributed by atoms with van der Waals surface area (Å²) in [6, 6.07) is 24.4. The van der Waals surface area contributed by atoms with Crippen LogP contribution in [0.15, 0.2) is 103 Å². The van der Waals surface area contributed by atoms with Crippen LogP contribution in [0.25, 0.3) is 0 Å². The molecule has 0 bridgehead atoms. The van der Waals surface area contributed by atoms with E-state index in [1.165, 1.54) is 18.2 Å². The maximum Gasteiger partial charge on any atom is 0.343 e. The van der Waals surface area contributed by atoms with Crippen LogP contribution in [0.2, 0.25) is 0 Å². The summed E-state index contributed by atoms with van der Waals surface area (Å²) in [6.07, 6.45) is 3.08. The summed E-state index contributed by atoms with van der Waals surface area (Å²) in [5.74, 6) is -0.844. The third-order valence-corrected chi connectivity index (χ3v) is 4.29. The van der Waals surface area contributed by atoms with Crippen molar-refractivity contribution in [3.63, 3.8) is 0 Å². The summed E-state index contributed by atoms with van der Waals surface area (Å²) < 4.78 is 18.7. The first-order chi connectivity index (χ1) is 13.7. The number of hydrogen-bond acceptors (Lipinski definition) is 3. The third kappa shape index (κ3) is 4.07. The van der Waals surface area contributed by atoms with Crippen LogP contribution in [0.3, 0.4) is 0 Å². The van der Waals surface area contributed by atoms with E-state index in [4.69, 9.17) is 9.73 Å². The van der Waals surface area contributed by atoms with E-state index in [0.717, 1.165) is 0 Å². The van der Waals surface area contributed by atoms with Crippen LogP contribution in [0.4, 0.5) is 4.39 Å². The van der Waals surface area contributed by atoms with E-state index in [0.29, 0.717) is 16.7 Å². The molecule has 4 heteroatoms. The smallest absolute Gasteiger partial charge is 0.343 e. The number of esters is 1. The monoisotopic (exact) mass is 373 g/mol. The van der Waals surface area contributed by atoms with E-state index in [1.54, 1.807) is 18.3 Å². The molecule has 3 nitrogen and oxygen atoms in total. The van der Waals surface area contributed by atoms with Crippen molar-refractivity contribution in [3.05, 3.63) is 120 Å². The Morgan fingerprint density at radius 2 is 1.46 bits per heavy atom. The van der Waals surface area contributed by atoms with Gasteiger partial charge in [-0.25, -0.2) is 9.18 Å². The molecule has 0 heterocycles. The molecule has 0 aromatic heterocycles. The first-order valence-corrected chi connectivity index (χ1v) is 8.87. The number of nitrogens with zero attached hydrogens (tertiary/aromatic N) is 1. The zero-order chi connectivity index (χ0) is 19.8. The molecule has 0 amide bonds. The first kappa shape index (κ1) is 19.2. The van der Waals surface area contributed by atoms with E-state index in [-0.39, 0.29) is 12.4 Å². The molecule has 3 aromatic carbocycles. The minimum Gasteiger partial charge on any atom is -0.459 e. The van der Waals surface area contributed by atoms with Crippen molar-refractivity contribution >= 4 is 12.2 Å². The lowest BCUT2D eigenvalue weighted by Crippen LogP contribution is -2.37. The van der Waals surface area contributed by atoms with Gasteiger partial charge in [-0.05, 0) is 28.8 Å². The maximum atomic E-state index is 13.3. The second kappa shape index (κ2) is 8.91. The van der Waals surface area contributed by atoms with Crippen molar-refractivity contribution < 1.29 is 13.9 Å². The predicted molar refractivity (Wildman–Crippen MR) is 109 cm³/mol. The van der Waals surface area contributed by atoms with Crippen LogP contribution in [0.5, 0.6) is 0 Å². The van der Waals surface area contributed by atoms with Crippen molar-refractivity contribution in [2.24, 2.45) is 4.99 Å². The summed E-state index contributed by atoms with van der Waals surface area (Å²) in [4.78, 5) is 17.9. The summed E-state index contributed by atoms with van der Waals surface area (Å²) >= 11 is 0. The highest BCUT2D eigenvalue weighted by molar-refractivity contribution is 5.91. The number of benzene rings is 3. The van der Waals surface area contributed by atoms with Gasteiger partial charge >= 0.3 is 5.97 Å². The third-order valence-electron chi connectivity index (χ3n) is 4.29. The lowest BCUT2D eigenvalue weighted by molar-refractivity contribution is -0.147. The molecule has 0 radical (unpaired) electrons. The van der Waals surface area contributed by atoms with Gasteiger partial charge in [0.2, 0.25) is 5.54 Å². The van der Waals surface area contributed by atoms with Gasteiger partial charge in [0, 0.05) is 6.21 Å². The van der Waals surface area contributed by atoms with Gasteiger partial charge in [0.05, 0.1) is 0 Å². The lowest BCUT2D eigenvalue weighted by Gasteiger charge is -2.28. The van der Waals surface area contributed by atoms with Crippen LogP contribution in [0, 0.1) is 5.82 Å². The Balaban J connectivity index is 2.18. The second-order valence-electron chi connectivity index (χ2n) is 6.14. The second-order valence-corrected chi connectivity index (χ2v) is 6.14. The average molecular weight is 373 g/mol. The fourth-order valence-electron chi connectivity index (χ4n) is 2.92. The topological polar surface area (TPSA) is 38.7 Å². The number of carbonyl (C=O) groups excluding carboxylic acids is 1. The molecule has 0 saturated heterocycles. The molecule has 0 aliphatic rings. The molecular formula is C24H20FNO2. The van der Waals surface area contributed by atoms with Crippen molar-refractivity contribution in [3.8, 4) is 0 Å². The Morgan fingerprint density at radius 1 is 0.929 bits per heavy atom. The molecule has 3 aromatic rings. The Bertz CT molecular complexity index is 911. The number of hydrogen-bond donors (Lipinski definition) is 0. The first-order valence-electron chi connectivity index (χ1n) is 8.87. The van der Waals surface area contributed by atoms with Gasteiger partial charge in [-0.2, -0.15) is 0 Å². The molecule has 0 fully saturated rings. The van der Waals surface area contributed by atoms with E-state index < -0.39 is 11.5 Å². The van der Waals surface area contributed by atoms with Gasteiger partial charge in [0.1, 0.15) is 12.4 Å². The maximum absolute atomic E-state index is 13.3. The fourth-order valence-corrected chi connectivity index (χ4v) is 2.92. The Morgan fingerprint density at radius 3 is 1.96 bits per heavy atom. The average Bonchev–Trinajstić information content (AvgIpc) is 2.75. The van der Waals surface area contributed by atoms with Gasteiger partial charge in [-0.3, -0.25) is 4.99 Å². The molecular weight excluding hydrogens is 353 g/mol. The van der Waals surface area contributed by atoms with Crippen LogP contribution >= 0.6 is 0 Å².